The fourth-order valence-electron chi connectivity index (χ4n) is 2.08. The second-order valence-corrected chi connectivity index (χ2v) is 6.84. The molecule has 2 rings (SSSR count). The maximum Gasteiger partial charge on any atom is 0.225 e. The zero-order valence-electron chi connectivity index (χ0n) is 13.6. The molecule has 1 aromatic carbocycles. The SMILES string of the molecule is Cc1cc(NCCc2cccc(Cl)c2)nc(NC(C)(C)C)n1. The normalized spacial score (nSPS) is 11.3. The van der Waals surface area contributed by atoms with Gasteiger partial charge in [0.15, 0.2) is 0 Å². The summed E-state index contributed by atoms with van der Waals surface area (Å²) in [6.07, 6.45) is 0.894. The van der Waals surface area contributed by atoms with Crippen LogP contribution in [0.25, 0.3) is 0 Å². The van der Waals surface area contributed by atoms with Crippen molar-refractivity contribution in [1.29, 1.82) is 0 Å². The largest absolute Gasteiger partial charge is 0.370 e. The van der Waals surface area contributed by atoms with E-state index in [4.69, 9.17) is 11.6 Å². The van der Waals surface area contributed by atoms with Crippen LogP contribution >= 0.6 is 11.6 Å². The van der Waals surface area contributed by atoms with E-state index < -0.39 is 0 Å². The van der Waals surface area contributed by atoms with Crippen LogP contribution < -0.4 is 10.6 Å². The van der Waals surface area contributed by atoms with E-state index in [9.17, 15) is 0 Å². The molecule has 0 atom stereocenters. The van der Waals surface area contributed by atoms with Gasteiger partial charge in [-0.1, -0.05) is 23.7 Å². The van der Waals surface area contributed by atoms with Crippen molar-refractivity contribution in [1.82, 2.24) is 9.97 Å². The number of anilines is 2. The Hall–Kier alpha value is -1.81. The molecular formula is C17H23ClN4. The van der Waals surface area contributed by atoms with E-state index in [1.807, 2.05) is 31.2 Å². The fourth-order valence-corrected chi connectivity index (χ4v) is 2.29. The van der Waals surface area contributed by atoms with E-state index in [0.717, 1.165) is 29.5 Å². The Balaban J connectivity index is 1.97. The first-order valence-corrected chi connectivity index (χ1v) is 7.82. The number of benzene rings is 1. The Morgan fingerprint density at radius 1 is 1.14 bits per heavy atom. The molecule has 1 aromatic heterocycles. The molecule has 0 aliphatic heterocycles. The first-order valence-electron chi connectivity index (χ1n) is 7.44. The molecule has 0 saturated carbocycles. The molecule has 0 unspecified atom stereocenters. The van der Waals surface area contributed by atoms with E-state index >= 15 is 0 Å². The van der Waals surface area contributed by atoms with Crippen LogP contribution in [0.15, 0.2) is 30.3 Å². The Labute approximate surface area is 137 Å². The molecule has 118 valence electrons. The average molecular weight is 319 g/mol. The predicted octanol–water partition coefficient (Wildman–Crippen LogP) is 4.30. The van der Waals surface area contributed by atoms with Gasteiger partial charge in [-0.15, -0.1) is 0 Å². The number of hydrogen-bond donors (Lipinski definition) is 2. The van der Waals surface area contributed by atoms with Gasteiger partial charge in [-0.2, -0.15) is 4.98 Å². The zero-order chi connectivity index (χ0) is 16.2. The molecule has 2 N–H and O–H groups in total. The lowest BCUT2D eigenvalue weighted by molar-refractivity contribution is 0.625. The fraction of sp³-hybridized carbons (Fsp3) is 0.412. The molecule has 0 bridgehead atoms. The molecule has 0 radical (unpaired) electrons. The Morgan fingerprint density at radius 3 is 2.59 bits per heavy atom. The number of aromatic nitrogens is 2. The van der Waals surface area contributed by atoms with Gasteiger partial charge < -0.3 is 10.6 Å². The molecule has 0 aliphatic carbocycles. The summed E-state index contributed by atoms with van der Waals surface area (Å²) in [6.45, 7) is 9.03. The number of nitrogens with zero attached hydrogens (tertiary/aromatic N) is 2. The highest BCUT2D eigenvalue weighted by molar-refractivity contribution is 6.30. The third-order valence-corrected chi connectivity index (χ3v) is 3.18. The number of aryl methyl sites for hydroxylation is 1. The first-order chi connectivity index (χ1) is 10.3. The lowest BCUT2D eigenvalue weighted by Crippen LogP contribution is -2.27. The highest BCUT2D eigenvalue weighted by Gasteiger charge is 2.12. The quantitative estimate of drug-likeness (QED) is 0.862. The van der Waals surface area contributed by atoms with Crippen LogP contribution in [-0.2, 0) is 6.42 Å². The van der Waals surface area contributed by atoms with Gasteiger partial charge in [0.05, 0.1) is 0 Å². The number of rotatable bonds is 5. The van der Waals surface area contributed by atoms with Crippen molar-refractivity contribution in [3.05, 3.63) is 46.6 Å². The minimum absolute atomic E-state index is 0.0636. The summed E-state index contributed by atoms with van der Waals surface area (Å²) in [4.78, 5) is 8.93. The van der Waals surface area contributed by atoms with E-state index in [1.165, 1.54) is 5.56 Å². The molecule has 5 heteroatoms. The van der Waals surface area contributed by atoms with Crippen LogP contribution in [0, 0.1) is 6.92 Å². The van der Waals surface area contributed by atoms with Crippen molar-refractivity contribution in [3.63, 3.8) is 0 Å². The molecule has 0 aliphatic rings. The van der Waals surface area contributed by atoms with Crippen molar-refractivity contribution in [2.75, 3.05) is 17.2 Å². The molecule has 1 heterocycles. The van der Waals surface area contributed by atoms with Crippen molar-refractivity contribution in [2.45, 2.75) is 39.7 Å². The van der Waals surface area contributed by atoms with Crippen molar-refractivity contribution >= 4 is 23.4 Å². The van der Waals surface area contributed by atoms with Gasteiger partial charge in [-0.05, 0) is 51.8 Å². The molecule has 0 spiro atoms. The van der Waals surface area contributed by atoms with Crippen LogP contribution in [0.4, 0.5) is 11.8 Å². The van der Waals surface area contributed by atoms with Gasteiger partial charge >= 0.3 is 0 Å². The van der Waals surface area contributed by atoms with E-state index in [0.29, 0.717) is 5.95 Å². The minimum Gasteiger partial charge on any atom is -0.370 e. The lowest BCUT2D eigenvalue weighted by Gasteiger charge is -2.21. The summed E-state index contributed by atoms with van der Waals surface area (Å²) in [5.41, 5.74) is 2.08. The highest BCUT2D eigenvalue weighted by Crippen LogP contribution is 2.15. The van der Waals surface area contributed by atoms with Gasteiger partial charge in [0.2, 0.25) is 5.95 Å². The zero-order valence-corrected chi connectivity index (χ0v) is 14.3. The van der Waals surface area contributed by atoms with Gasteiger partial charge in [-0.25, -0.2) is 4.98 Å². The maximum atomic E-state index is 5.99. The van der Waals surface area contributed by atoms with Gasteiger partial charge in [0.1, 0.15) is 5.82 Å². The molecule has 0 fully saturated rings. The average Bonchev–Trinajstić information content (AvgIpc) is 2.36. The molecule has 0 amide bonds. The highest BCUT2D eigenvalue weighted by atomic mass is 35.5. The smallest absolute Gasteiger partial charge is 0.225 e. The summed E-state index contributed by atoms with van der Waals surface area (Å²) in [5, 5.41) is 7.41. The van der Waals surface area contributed by atoms with Crippen molar-refractivity contribution in [2.24, 2.45) is 0 Å². The molecule has 0 saturated heterocycles. The second-order valence-electron chi connectivity index (χ2n) is 6.40. The topological polar surface area (TPSA) is 49.8 Å². The van der Waals surface area contributed by atoms with Crippen molar-refractivity contribution < 1.29 is 0 Å². The summed E-state index contributed by atoms with van der Waals surface area (Å²) in [5.74, 6) is 1.49. The third-order valence-electron chi connectivity index (χ3n) is 2.95. The predicted molar refractivity (Wildman–Crippen MR) is 93.8 cm³/mol. The summed E-state index contributed by atoms with van der Waals surface area (Å²) in [6, 6.07) is 9.87. The van der Waals surface area contributed by atoms with Gasteiger partial charge in [0.25, 0.3) is 0 Å². The van der Waals surface area contributed by atoms with Crippen LogP contribution in [0.3, 0.4) is 0 Å². The van der Waals surface area contributed by atoms with E-state index in [2.05, 4.69) is 47.4 Å². The number of halogens is 1. The van der Waals surface area contributed by atoms with E-state index in [1.54, 1.807) is 0 Å². The van der Waals surface area contributed by atoms with Gasteiger partial charge in [-0.3, -0.25) is 0 Å². The molecule has 2 aromatic rings. The van der Waals surface area contributed by atoms with Gasteiger partial charge in [0, 0.05) is 28.9 Å². The Bertz CT molecular complexity index is 635. The maximum absolute atomic E-state index is 5.99. The number of nitrogens with one attached hydrogen (secondary N) is 2. The van der Waals surface area contributed by atoms with Crippen LogP contribution in [0.2, 0.25) is 5.02 Å². The second kappa shape index (κ2) is 6.97. The van der Waals surface area contributed by atoms with Crippen molar-refractivity contribution in [3.8, 4) is 0 Å². The molecule has 22 heavy (non-hydrogen) atoms. The summed E-state index contributed by atoms with van der Waals surface area (Å²) >= 11 is 5.99. The van der Waals surface area contributed by atoms with Crippen LogP contribution in [0.1, 0.15) is 32.0 Å². The minimum atomic E-state index is -0.0636. The number of hydrogen-bond acceptors (Lipinski definition) is 4. The summed E-state index contributed by atoms with van der Waals surface area (Å²) < 4.78 is 0. The van der Waals surface area contributed by atoms with Crippen LogP contribution in [0.5, 0.6) is 0 Å². The van der Waals surface area contributed by atoms with Crippen LogP contribution in [-0.4, -0.2) is 22.1 Å². The lowest BCUT2D eigenvalue weighted by atomic mass is 10.1. The van der Waals surface area contributed by atoms with E-state index in [-0.39, 0.29) is 5.54 Å². The standard InChI is InChI=1S/C17H23ClN4/c1-12-10-15(21-16(20-12)22-17(2,3)4)19-9-8-13-6-5-7-14(18)11-13/h5-7,10-11H,8-9H2,1-4H3,(H2,19,20,21,22). The third kappa shape index (κ3) is 5.53. The Kier molecular flexibility index (Phi) is 5.24. The molecular weight excluding hydrogens is 296 g/mol. The monoisotopic (exact) mass is 318 g/mol. The molecule has 4 nitrogen and oxygen atoms in total. The first kappa shape index (κ1) is 16.6. The Morgan fingerprint density at radius 2 is 1.91 bits per heavy atom. The summed E-state index contributed by atoms with van der Waals surface area (Å²) in [7, 11) is 0.